The molecular weight excluding hydrogens is 484 g/mol. The highest BCUT2D eigenvalue weighted by Gasteiger charge is 2.60. The number of aliphatic hydroxyl groups is 1. The summed E-state index contributed by atoms with van der Waals surface area (Å²) in [7, 11) is -2.63. The zero-order chi connectivity index (χ0) is 27.7. The van der Waals surface area contributed by atoms with Crippen LogP contribution in [0.5, 0.6) is 0 Å². The van der Waals surface area contributed by atoms with E-state index in [0.717, 1.165) is 12.8 Å². The minimum absolute atomic E-state index is 0.0361. The van der Waals surface area contributed by atoms with Crippen molar-refractivity contribution in [3.8, 4) is 0 Å². The quantitative estimate of drug-likeness (QED) is 0.228. The van der Waals surface area contributed by atoms with Crippen molar-refractivity contribution in [2.75, 3.05) is 20.3 Å². The molecular formula is C29H56O5Si2. The zero-order valence-electron chi connectivity index (χ0n) is 25.4. The second kappa shape index (κ2) is 11.3. The van der Waals surface area contributed by atoms with Gasteiger partial charge in [-0.05, 0) is 66.9 Å². The Morgan fingerprint density at radius 2 is 1.61 bits per heavy atom. The number of carbonyl (C=O) groups excluding carboxylic acids is 1. The van der Waals surface area contributed by atoms with Gasteiger partial charge in [-0.15, -0.1) is 0 Å². The van der Waals surface area contributed by atoms with Crippen molar-refractivity contribution in [1.29, 1.82) is 0 Å². The van der Waals surface area contributed by atoms with Gasteiger partial charge in [0, 0.05) is 30.1 Å². The number of methoxy groups -OCH3 is 1. The van der Waals surface area contributed by atoms with E-state index in [2.05, 4.69) is 75.4 Å². The van der Waals surface area contributed by atoms with Gasteiger partial charge in [0.1, 0.15) is 0 Å². The summed E-state index contributed by atoms with van der Waals surface area (Å²) in [6, 6.07) is 0. The van der Waals surface area contributed by atoms with Crippen LogP contribution in [0.3, 0.4) is 0 Å². The molecule has 0 radical (unpaired) electrons. The predicted octanol–water partition coefficient (Wildman–Crippen LogP) is 7.61. The van der Waals surface area contributed by atoms with Crippen LogP contribution in [0.15, 0.2) is 11.6 Å². The van der Waals surface area contributed by atoms with E-state index in [1.165, 1.54) is 7.11 Å². The smallest absolute Gasteiger partial charge is 0.333 e. The Kier molecular flexibility index (Phi) is 9.99. The molecule has 0 aliphatic heterocycles. The van der Waals surface area contributed by atoms with Crippen LogP contribution in [0, 0.1) is 11.3 Å². The standard InChI is InChI=1S/C29H56O5Si2/c1-21(2)36(22(3)4,23(5)6)33-19-25-15-17-28(20-34-35(11,12)27(7,8)9)16-13-24(26(30)32-10)14-18-29(25,28)31/h13,21-23,25,31H,14-20H2,1-12H3/t25-,28+,29-/m0/s1. The average Bonchev–Trinajstić information content (AvgIpc) is 2.93. The molecule has 36 heavy (non-hydrogen) atoms. The molecule has 5 nitrogen and oxygen atoms in total. The van der Waals surface area contributed by atoms with Gasteiger partial charge in [-0.25, -0.2) is 4.79 Å². The van der Waals surface area contributed by atoms with Crippen molar-refractivity contribution in [3.05, 3.63) is 11.6 Å². The van der Waals surface area contributed by atoms with Crippen LogP contribution in [0.25, 0.3) is 0 Å². The highest BCUT2D eigenvalue weighted by Crippen LogP contribution is 2.58. The van der Waals surface area contributed by atoms with E-state index >= 15 is 0 Å². The van der Waals surface area contributed by atoms with Crippen molar-refractivity contribution in [2.45, 2.75) is 135 Å². The van der Waals surface area contributed by atoms with Gasteiger partial charge in [0.15, 0.2) is 16.6 Å². The Morgan fingerprint density at radius 3 is 2.08 bits per heavy atom. The van der Waals surface area contributed by atoms with Crippen LogP contribution in [-0.2, 0) is 18.4 Å². The molecule has 3 atom stereocenters. The minimum atomic E-state index is -2.05. The number of hydrogen-bond acceptors (Lipinski definition) is 5. The van der Waals surface area contributed by atoms with Crippen LogP contribution >= 0.6 is 0 Å². The Bertz CT molecular complexity index is 776. The highest BCUT2D eigenvalue weighted by atomic mass is 28.4. The fourth-order valence-electron chi connectivity index (χ4n) is 6.91. The maximum absolute atomic E-state index is 12.6. The average molecular weight is 541 g/mol. The van der Waals surface area contributed by atoms with Crippen LogP contribution in [-0.4, -0.2) is 53.6 Å². The molecule has 1 fully saturated rings. The van der Waals surface area contributed by atoms with Crippen LogP contribution in [0.1, 0.15) is 94.4 Å². The van der Waals surface area contributed by atoms with E-state index in [0.29, 0.717) is 54.7 Å². The monoisotopic (exact) mass is 540 g/mol. The van der Waals surface area contributed by atoms with Crippen molar-refractivity contribution >= 4 is 22.6 Å². The lowest BCUT2D eigenvalue weighted by molar-refractivity contribution is -0.136. The van der Waals surface area contributed by atoms with Crippen LogP contribution in [0.4, 0.5) is 0 Å². The number of esters is 1. The molecule has 0 unspecified atom stereocenters. The van der Waals surface area contributed by atoms with E-state index < -0.39 is 27.7 Å². The minimum Gasteiger partial charge on any atom is -0.466 e. The molecule has 1 saturated carbocycles. The van der Waals surface area contributed by atoms with E-state index in [4.69, 9.17) is 13.6 Å². The third-order valence-electron chi connectivity index (χ3n) is 10.3. The Labute approximate surface area is 224 Å². The Morgan fingerprint density at radius 1 is 1.06 bits per heavy atom. The normalized spacial score (nSPS) is 27.9. The van der Waals surface area contributed by atoms with E-state index in [1.54, 1.807) is 0 Å². The number of allylic oxidation sites excluding steroid dienone is 1. The molecule has 1 N–H and O–H groups in total. The number of carbonyl (C=O) groups is 1. The largest absolute Gasteiger partial charge is 0.466 e. The maximum Gasteiger partial charge on any atom is 0.333 e. The fourth-order valence-corrected chi connectivity index (χ4v) is 13.5. The van der Waals surface area contributed by atoms with Crippen molar-refractivity contribution in [2.24, 2.45) is 11.3 Å². The van der Waals surface area contributed by atoms with Crippen molar-refractivity contribution < 1.29 is 23.5 Å². The molecule has 2 aliphatic rings. The van der Waals surface area contributed by atoms with Crippen LogP contribution < -0.4 is 0 Å². The first-order chi connectivity index (χ1) is 16.4. The maximum atomic E-state index is 12.6. The van der Waals surface area contributed by atoms with Gasteiger partial charge in [0.2, 0.25) is 0 Å². The SMILES string of the molecule is COC(=O)C1=CC[C@]2(CO[Si](C)(C)C(C)(C)C)CC[C@@H](CO[Si](C(C)C)(C(C)C)C(C)C)[C@@]2(O)CC1. The van der Waals surface area contributed by atoms with E-state index in [9.17, 15) is 9.90 Å². The first-order valence-corrected chi connectivity index (χ1v) is 19.2. The molecule has 0 aromatic rings. The first-order valence-electron chi connectivity index (χ1n) is 14.2. The number of fused-ring (bicyclic) bond motifs is 1. The zero-order valence-corrected chi connectivity index (χ0v) is 27.4. The molecule has 2 rings (SSSR count). The second-order valence-corrected chi connectivity index (χ2v) is 24.3. The summed E-state index contributed by atoms with van der Waals surface area (Å²) in [6.07, 6.45) is 5.55. The summed E-state index contributed by atoms with van der Waals surface area (Å²) in [4.78, 5) is 12.4. The van der Waals surface area contributed by atoms with Gasteiger partial charge in [-0.1, -0.05) is 68.4 Å². The summed E-state index contributed by atoms with van der Waals surface area (Å²) >= 11 is 0. The van der Waals surface area contributed by atoms with Crippen molar-refractivity contribution in [3.63, 3.8) is 0 Å². The molecule has 0 aromatic carbocycles. The predicted molar refractivity (Wildman–Crippen MR) is 154 cm³/mol. The van der Waals surface area contributed by atoms with E-state index in [1.807, 2.05) is 6.08 Å². The van der Waals surface area contributed by atoms with Gasteiger partial charge in [0.05, 0.1) is 12.7 Å². The molecule has 210 valence electrons. The summed E-state index contributed by atoms with van der Waals surface area (Å²) < 4.78 is 18.9. The Balaban J connectivity index is 2.42. The number of rotatable bonds is 10. The van der Waals surface area contributed by atoms with Gasteiger partial charge in [-0.3, -0.25) is 0 Å². The lowest BCUT2D eigenvalue weighted by Gasteiger charge is -2.48. The van der Waals surface area contributed by atoms with Gasteiger partial charge in [-0.2, -0.15) is 0 Å². The van der Waals surface area contributed by atoms with Gasteiger partial charge in [0.25, 0.3) is 0 Å². The first kappa shape index (κ1) is 31.7. The molecule has 7 heteroatoms. The lowest BCUT2D eigenvalue weighted by Crippen LogP contribution is -2.55. The third-order valence-corrected chi connectivity index (χ3v) is 20.8. The van der Waals surface area contributed by atoms with E-state index in [-0.39, 0.29) is 16.9 Å². The molecule has 0 spiro atoms. The topological polar surface area (TPSA) is 65.0 Å². The van der Waals surface area contributed by atoms with Gasteiger partial charge < -0.3 is 18.7 Å². The van der Waals surface area contributed by atoms with Crippen molar-refractivity contribution in [1.82, 2.24) is 0 Å². The Hall–Kier alpha value is -0.476. The molecule has 0 heterocycles. The molecule has 2 aliphatic carbocycles. The molecule has 0 saturated heterocycles. The molecule has 0 bridgehead atoms. The molecule has 0 amide bonds. The molecule has 0 aromatic heterocycles. The third kappa shape index (κ3) is 5.75. The summed E-state index contributed by atoms with van der Waals surface area (Å²) in [5.41, 5.74) is 0.837. The number of hydrogen-bond donors (Lipinski definition) is 1. The summed E-state index contributed by atoms with van der Waals surface area (Å²) in [5, 5.41) is 12.7. The summed E-state index contributed by atoms with van der Waals surface area (Å²) in [5.74, 6) is -0.244. The lowest BCUT2D eigenvalue weighted by atomic mass is 9.69. The second-order valence-electron chi connectivity index (χ2n) is 14.0. The number of ether oxygens (including phenoxy) is 1. The van der Waals surface area contributed by atoms with Crippen LogP contribution in [0.2, 0.25) is 34.8 Å². The van der Waals surface area contributed by atoms with Gasteiger partial charge >= 0.3 is 5.97 Å². The fraction of sp³-hybridized carbons (Fsp3) is 0.897. The highest BCUT2D eigenvalue weighted by molar-refractivity contribution is 6.77. The summed E-state index contributed by atoms with van der Waals surface area (Å²) in [6.45, 7) is 26.3.